The van der Waals surface area contributed by atoms with Crippen LogP contribution in [0.3, 0.4) is 0 Å². The molecule has 2 aromatic heterocycles. The summed E-state index contributed by atoms with van der Waals surface area (Å²) < 4.78 is 18.0. The minimum atomic E-state index is -0.744. The van der Waals surface area contributed by atoms with Crippen LogP contribution in [-0.2, 0) is 20.8 Å². The Hall–Kier alpha value is -2.86. The lowest BCUT2D eigenvalue weighted by Gasteiger charge is -2.27. The fraction of sp³-hybridized carbons (Fsp3) is 0.500. The smallest absolute Gasteiger partial charge is 0.338 e. The Morgan fingerprint density at radius 2 is 2.37 bits per heavy atom. The molecule has 1 fully saturated rings. The van der Waals surface area contributed by atoms with Gasteiger partial charge in [0, 0.05) is 18.1 Å². The van der Waals surface area contributed by atoms with Gasteiger partial charge in [-0.2, -0.15) is 0 Å². The molecule has 2 aliphatic heterocycles. The number of esters is 1. The quantitative estimate of drug-likeness (QED) is 0.467. The van der Waals surface area contributed by atoms with Crippen LogP contribution in [0.15, 0.2) is 39.2 Å². The van der Waals surface area contributed by atoms with E-state index in [9.17, 15) is 9.59 Å². The van der Waals surface area contributed by atoms with Crippen molar-refractivity contribution in [3.63, 3.8) is 0 Å². The summed E-state index contributed by atoms with van der Waals surface area (Å²) in [6.45, 7) is 3.24. The lowest BCUT2D eigenvalue weighted by Crippen LogP contribution is -2.46. The van der Waals surface area contributed by atoms with Gasteiger partial charge < -0.3 is 24.5 Å². The number of hydrogen-bond acceptors (Lipinski definition) is 9. The van der Waals surface area contributed by atoms with Crippen molar-refractivity contribution in [1.82, 2.24) is 30.8 Å². The van der Waals surface area contributed by atoms with Crippen molar-refractivity contribution in [2.75, 3.05) is 19.0 Å². The van der Waals surface area contributed by atoms with E-state index >= 15 is 0 Å². The predicted molar refractivity (Wildman–Crippen MR) is 104 cm³/mol. The number of thioether (sulfide) groups is 1. The van der Waals surface area contributed by atoms with E-state index in [1.807, 2.05) is 0 Å². The van der Waals surface area contributed by atoms with Crippen molar-refractivity contribution >= 4 is 23.8 Å². The van der Waals surface area contributed by atoms with Crippen molar-refractivity contribution in [3.8, 4) is 0 Å². The molecule has 160 valence electrons. The molecule has 11 nitrogen and oxygen atoms in total. The summed E-state index contributed by atoms with van der Waals surface area (Å²) in [6.07, 6.45) is 3.57. The lowest BCUT2D eigenvalue weighted by molar-refractivity contribution is -0.139. The fourth-order valence-corrected chi connectivity index (χ4v) is 4.24. The maximum Gasteiger partial charge on any atom is 0.338 e. The Kier molecular flexibility index (Phi) is 6.33. The van der Waals surface area contributed by atoms with E-state index in [4.69, 9.17) is 13.9 Å². The first-order valence-corrected chi connectivity index (χ1v) is 10.7. The number of nitrogens with zero attached hydrogens (tertiary/aromatic N) is 4. The molecule has 4 heterocycles. The summed E-state index contributed by atoms with van der Waals surface area (Å²) in [4.78, 5) is 24.9. The Morgan fingerprint density at radius 3 is 3.10 bits per heavy atom. The zero-order chi connectivity index (χ0) is 20.9. The van der Waals surface area contributed by atoms with Crippen LogP contribution in [0.5, 0.6) is 0 Å². The van der Waals surface area contributed by atoms with Gasteiger partial charge in [0.1, 0.15) is 11.8 Å². The second kappa shape index (κ2) is 9.30. The van der Waals surface area contributed by atoms with Gasteiger partial charge in [-0.1, -0.05) is 11.8 Å². The van der Waals surface area contributed by atoms with Gasteiger partial charge in [-0.3, -0.25) is 0 Å². The standard InChI is InChI=1S/C18H22N6O5S/c1-2-27-16(25)14-12(19-17(26)20-15(14)13-6-4-8-29-13)10-30-18-21-22-23-24(18)9-11-5-3-7-28-11/h4,6,8,11,15H,2-3,5,7,9-10H2,1H3,(H2,19,20,26). The molecule has 2 amide bonds. The highest BCUT2D eigenvalue weighted by Gasteiger charge is 2.35. The Morgan fingerprint density at radius 1 is 1.47 bits per heavy atom. The molecule has 2 N–H and O–H groups in total. The highest BCUT2D eigenvalue weighted by molar-refractivity contribution is 7.99. The van der Waals surface area contributed by atoms with Gasteiger partial charge in [0.15, 0.2) is 0 Å². The highest BCUT2D eigenvalue weighted by Crippen LogP contribution is 2.30. The third-order valence-electron chi connectivity index (χ3n) is 4.72. The number of hydrogen-bond donors (Lipinski definition) is 2. The number of urea groups is 1. The molecule has 0 bridgehead atoms. The van der Waals surface area contributed by atoms with Crippen LogP contribution in [0.1, 0.15) is 31.6 Å². The van der Waals surface area contributed by atoms with Crippen molar-refractivity contribution in [2.24, 2.45) is 0 Å². The molecular formula is C18H22N6O5S. The molecule has 0 saturated carbocycles. The van der Waals surface area contributed by atoms with Crippen LogP contribution >= 0.6 is 11.8 Å². The van der Waals surface area contributed by atoms with Crippen LogP contribution < -0.4 is 10.6 Å². The third kappa shape index (κ3) is 4.49. The molecule has 1 saturated heterocycles. The average molecular weight is 434 g/mol. The number of carbonyl (C=O) groups excluding carboxylic acids is 2. The molecule has 0 aliphatic carbocycles. The van der Waals surface area contributed by atoms with E-state index in [1.54, 1.807) is 23.7 Å². The van der Waals surface area contributed by atoms with Gasteiger partial charge in [-0.05, 0) is 42.3 Å². The largest absolute Gasteiger partial charge is 0.467 e. The molecule has 2 unspecified atom stereocenters. The van der Waals surface area contributed by atoms with Gasteiger partial charge in [-0.25, -0.2) is 14.3 Å². The number of carbonyl (C=O) groups is 2. The third-order valence-corrected chi connectivity index (χ3v) is 5.71. The van der Waals surface area contributed by atoms with Crippen LogP contribution in [0, 0.1) is 0 Å². The summed E-state index contributed by atoms with van der Waals surface area (Å²) in [6, 6.07) is 2.22. The molecule has 2 aliphatic rings. The molecule has 2 aromatic rings. The van der Waals surface area contributed by atoms with E-state index in [-0.39, 0.29) is 24.0 Å². The Balaban J connectivity index is 1.56. The van der Waals surface area contributed by atoms with Crippen molar-refractivity contribution in [1.29, 1.82) is 0 Å². The van der Waals surface area contributed by atoms with Gasteiger partial charge in [0.25, 0.3) is 0 Å². The van der Waals surface area contributed by atoms with Gasteiger partial charge >= 0.3 is 12.0 Å². The van der Waals surface area contributed by atoms with E-state index in [0.717, 1.165) is 19.4 Å². The fourth-order valence-electron chi connectivity index (χ4n) is 3.38. The van der Waals surface area contributed by atoms with Crippen LogP contribution in [0.25, 0.3) is 0 Å². The average Bonchev–Trinajstić information content (AvgIpc) is 3.50. The summed E-state index contributed by atoms with van der Waals surface area (Å²) >= 11 is 1.32. The molecule has 2 atom stereocenters. The second-order valence-electron chi connectivity index (χ2n) is 6.73. The summed E-state index contributed by atoms with van der Waals surface area (Å²) in [7, 11) is 0. The lowest BCUT2D eigenvalue weighted by atomic mass is 10.0. The monoisotopic (exact) mass is 434 g/mol. The molecule has 4 rings (SSSR count). The first-order chi connectivity index (χ1) is 14.7. The maximum absolute atomic E-state index is 12.7. The number of ether oxygens (including phenoxy) is 2. The van der Waals surface area contributed by atoms with Crippen LogP contribution in [0.4, 0.5) is 4.79 Å². The molecule has 0 radical (unpaired) electrons. The maximum atomic E-state index is 12.7. The summed E-state index contributed by atoms with van der Waals surface area (Å²) in [5, 5.41) is 17.8. The van der Waals surface area contributed by atoms with Crippen LogP contribution in [0.2, 0.25) is 0 Å². The minimum Gasteiger partial charge on any atom is -0.467 e. The van der Waals surface area contributed by atoms with E-state index in [2.05, 4.69) is 26.2 Å². The molecule has 0 spiro atoms. The molecular weight excluding hydrogens is 412 g/mol. The van der Waals surface area contributed by atoms with Gasteiger partial charge in [0.2, 0.25) is 5.16 Å². The van der Waals surface area contributed by atoms with Gasteiger partial charge in [-0.15, -0.1) is 5.10 Å². The number of tetrazole rings is 1. The molecule has 30 heavy (non-hydrogen) atoms. The van der Waals surface area contributed by atoms with Crippen molar-refractivity contribution in [2.45, 2.75) is 43.6 Å². The SMILES string of the molecule is CCOC(=O)C1=C(CSc2nnnn2CC2CCCO2)NC(=O)NC1c1ccco1. The van der Waals surface area contributed by atoms with E-state index in [1.165, 1.54) is 18.0 Å². The second-order valence-corrected chi connectivity index (χ2v) is 7.67. The normalized spacial score (nSPS) is 21.4. The zero-order valence-corrected chi connectivity index (χ0v) is 17.2. The Bertz CT molecular complexity index is 921. The number of nitrogens with one attached hydrogen (secondary N) is 2. The van der Waals surface area contributed by atoms with E-state index < -0.39 is 18.0 Å². The van der Waals surface area contributed by atoms with Gasteiger partial charge in [0.05, 0.1) is 31.1 Å². The highest BCUT2D eigenvalue weighted by atomic mass is 32.2. The topological polar surface area (TPSA) is 133 Å². The van der Waals surface area contributed by atoms with E-state index in [0.29, 0.717) is 23.2 Å². The predicted octanol–water partition coefficient (Wildman–Crippen LogP) is 1.41. The van der Waals surface area contributed by atoms with Crippen LogP contribution in [-0.4, -0.2) is 57.3 Å². The molecule has 12 heteroatoms. The molecule has 0 aromatic carbocycles. The number of rotatable bonds is 8. The zero-order valence-electron chi connectivity index (χ0n) is 16.4. The minimum absolute atomic E-state index is 0.0871. The first-order valence-electron chi connectivity index (χ1n) is 9.67. The van der Waals surface area contributed by atoms with Crippen molar-refractivity contribution in [3.05, 3.63) is 35.4 Å². The summed E-state index contributed by atoms with van der Waals surface area (Å²) in [5.74, 6) is 0.185. The first kappa shape index (κ1) is 20.4. The van der Waals surface area contributed by atoms with Crippen molar-refractivity contribution < 1.29 is 23.5 Å². The summed E-state index contributed by atoms with van der Waals surface area (Å²) in [5.41, 5.74) is 0.715. The Labute approximate surface area is 176 Å². The number of amides is 2. The number of furan rings is 1. The number of aromatic nitrogens is 4.